The average molecular weight is 356 g/mol. The third kappa shape index (κ3) is 5.04. The van der Waals surface area contributed by atoms with E-state index in [2.05, 4.69) is 5.32 Å². The molecule has 0 spiro atoms. The maximum absolute atomic E-state index is 13.6. The molecule has 1 saturated heterocycles. The van der Waals surface area contributed by atoms with E-state index in [1.807, 2.05) is 0 Å². The Morgan fingerprint density at radius 3 is 2.83 bits per heavy atom. The van der Waals surface area contributed by atoms with E-state index < -0.39 is 15.8 Å². The summed E-state index contributed by atoms with van der Waals surface area (Å²) in [6.45, 7) is 0.752. The molecule has 0 aromatic heterocycles. The van der Waals surface area contributed by atoms with Crippen molar-refractivity contribution in [1.29, 1.82) is 0 Å². The number of halogens is 1. The maximum atomic E-state index is 13.6. The molecule has 1 amide bonds. The summed E-state index contributed by atoms with van der Waals surface area (Å²) in [5, 5.41) is 2.78. The van der Waals surface area contributed by atoms with Crippen molar-refractivity contribution in [3.05, 3.63) is 35.7 Å². The molecule has 2 rings (SSSR count). The van der Waals surface area contributed by atoms with Gasteiger partial charge in [-0.1, -0.05) is 6.07 Å². The number of carbonyl (C=O) groups excluding carboxylic acids is 1. The van der Waals surface area contributed by atoms with Crippen molar-refractivity contribution in [3.8, 4) is 5.75 Å². The number of amides is 1. The summed E-state index contributed by atoms with van der Waals surface area (Å²) >= 11 is 0. The lowest BCUT2D eigenvalue weighted by molar-refractivity contribution is -0.117. The van der Waals surface area contributed by atoms with Gasteiger partial charge in [0.25, 0.3) is 0 Å². The van der Waals surface area contributed by atoms with E-state index in [0.29, 0.717) is 18.5 Å². The molecule has 24 heavy (non-hydrogen) atoms. The van der Waals surface area contributed by atoms with E-state index in [1.54, 1.807) is 6.07 Å². The largest absolute Gasteiger partial charge is 0.494 e. The molecule has 1 atom stereocenters. The van der Waals surface area contributed by atoms with Crippen LogP contribution in [0, 0.1) is 5.82 Å². The Morgan fingerprint density at radius 1 is 1.46 bits per heavy atom. The number of ether oxygens (including phenoxy) is 1. The molecule has 0 bridgehead atoms. The van der Waals surface area contributed by atoms with Gasteiger partial charge in [-0.2, -0.15) is 0 Å². The van der Waals surface area contributed by atoms with Crippen LogP contribution in [0.4, 0.5) is 4.39 Å². The van der Waals surface area contributed by atoms with Gasteiger partial charge in [0, 0.05) is 25.2 Å². The van der Waals surface area contributed by atoms with Crippen LogP contribution in [0.25, 0.3) is 6.08 Å². The number of methoxy groups -OCH3 is 1. The van der Waals surface area contributed by atoms with Crippen molar-refractivity contribution >= 4 is 22.0 Å². The van der Waals surface area contributed by atoms with Crippen LogP contribution in [0.2, 0.25) is 0 Å². The highest BCUT2D eigenvalue weighted by molar-refractivity contribution is 7.88. The predicted octanol–water partition coefficient (Wildman–Crippen LogP) is 1.39. The van der Waals surface area contributed by atoms with Crippen LogP contribution < -0.4 is 10.1 Å². The minimum Gasteiger partial charge on any atom is -0.494 e. The topological polar surface area (TPSA) is 75.7 Å². The summed E-state index contributed by atoms with van der Waals surface area (Å²) in [5.41, 5.74) is 0.532. The zero-order chi connectivity index (χ0) is 17.7. The molecule has 6 nitrogen and oxygen atoms in total. The fourth-order valence-corrected chi connectivity index (χ4v) is 3.48. The third-order valence-electron chi connectivity index (χ3n) is 3.80. The van der Waals surface area contributed by atoms with Gasteiger partial charge in [-0.15, -0.1) is 0 Å². The number of hydrogen-bond donors (Lipinski definition) is 1. The van der Waals surface area contributed by atoms with E-state index >= 15 is 0 Å². The lowest BCUT2D eigenvalue weighted by Gasteiger charge is -2.31. The highest BCUT2D eigenvalue weighted by Crippen LogP contribution is 2.18. The second kappa shape index (κ2) is 7.76. The molecule has 1 aliphatic heterocycles. The number of piperidine rings is 1. The Hall–Kier alpha value is -1.93. The van der Waals surface area contributed by atoms with Crippen molar-refractivity contribution in [2.24, 2.45) is 0 Å². The molecule has 1 heterocycles. The van der Waals surface area contributed by atoms with Gasteiger partial charge in [0.1, 0.15) is 0 Å². The van der Waals surface area contributed by atoms with Gasteiger partial charge in [0.05, 0.1) is 13.4 Å². The fourth-order valence-electron chi connectivity index (χ4n) is 2.57. The fraction of sp³-hybridized carbons (Fsp3) is 0.438. The molecule has 8 heteroatoms. The molecule has 1 unspecified atom stereocenters. The zero-order valence-corrected chi connectivity index (χ0v) is 14.5. The van der Waals surface area contributed by atoms with Crippen LogP contribution in [0.5, 0.6) is 5.75 Å². The Morgan fingerprint density at radius 2 is 2.21 bits per heavy atom. The SMILES string of the molecule is COc1ccc(/C=C/C(=O)NC2CCCN(S(C)(=O)=O)C2)cc1F. The van der Waals surface area contributed by atoms with Crippen molar-refractivity contribution < 1.29 is 22.3 Å². The van der Waals surface area contributed by atoms with Gasteiger partial charge < -0.3 is 10.1 Å². The highest BCUT2D eigenvalue weighted by atomic mass is 32.2. The molecule has 0 radical (unpaired) electrons. The van der Waals surface area contributed by atoms with E-state index in [1.165, 1.54) is 35.7 Å². The Labute approximate surface area is 141 Å². The first-order chi connectivity index (χ1) is 11.3. The molecule has 0 saturated carbocycles. The lowest BCUT2D eigenvalue weighted by atomic mass is 10.1. The van der Waals surface area contributed by atoms with E-state index in [9.17, 15) is 17.6 Å². The number of nitrogens with zero attached hydrogens (tertiary/aromatic N) is 1. The molecule has 1 fully saturated rings. The van der Waals surface area contributed by atoms with Crippen molar-refractivity contribution in [2.75, 3.05) is 26.5 Å². The zero-order valence-electron chi connectivity index (χ0n) is 13.7. The smallest absolute Gasteiger partial charge is 0.244 e. The third-order valence-corrected chi connectivity index (χ3v) is 5.07. The van der Waals surface area contributed by atoms with Crippen LogP contribution in [0.3, 0.4) is 0 Å². The van der Waals surface area contributed by atoms with Crippen LogP contribution in [-0.2, 0) is 14.8 Å². The molecule has 132 valence electrons. The highest BCUT2D eigenvalue weighted by Gasteiger charge is 2.26. The number of carbonyl (C=O) groups is 1. The number of hydrogen-bond acceptors (Lipinski definition) is 4. The summed E-state index contributed by atoms with van der Waals surface area (Å²) in [6.07, 6.45) is 5.39. The number of benzene rings is 1. The van der Waals surface area contributed by atoms with Gasteiger partial charge in [0.2, 0.25) is 15.9 Å². The Bertz CT molecular complexity index is 734. The van der Waals surface area contributed by atoms with Crippen molar-refractivity contribution in [3.63, 3.8) is 0 Å². The lowest BCUT2D eigenvalue weighted by Crippen LogP contribution is -2.48. The summed E-state index contributed by atoms with van der Waals surface area (Å²) in [5.74, 6) is -0.706. The minimum absolute atomic E-state index is 0.139. The van der Waals surface area contributed by atoms with Gasteiger partial charge >= 0.3 is 0 Å². The van der Waals surface area contributed by atoms with E-state index in [4.69, 9.17) is 4.74 Å². The van der Waals surface area contributed by atoms with E-state index in [-0.39, 0.29) is 24.2 Å². The molecule has 1 aromatic rings. The monoisotopic (exact) mass is 356 g/mol. The number of nitrogens with one attached hydrogen (secondary N) is 1. The Balaban J connectivity index is 1.94. The Kier molecular flexibility index (Phi) is 5.95. The first-order valence-electron chi connectivity index (χ1n) is 7.57. The summed E-state index contributed by atoms with van der Waals surface area (Å²) in [6, 6.07) is 4.17. The standard InChI is InChI=1S/C16H21FN2O4S/c1-23-15-7-5-12(10-14(15)17)6-8-16(20)18-13-4-3-9-19(11-13)24(2,21)22/h5-8,10,13H,3-4,9,11H2,1-2H3,(H,18,20)/b8-6+. The van der Waals surface area contributed by atoms with Crippen LogP contribution in [-0.4, -0.2) is 51.1 Å². The van der Waals surface area contributed by atoms with Crippen LogP contribution in [0.15, 0.2) is 24.3 Å². The molecule has 1 aliphatic rings. The van der Waals surface area contributed by atoms with Crippen LogP contribution in [0.1, 0.15) is 18.4 Å². The van der Waals surface area contributed by atoms with Gasteiger partial charge in [-0.05, 0) is 36.6 Å². The summed E-state index contributed by atoms with van der Waals surface area (Å²) in [7, 11) is -1.87. The van der Waals surface area contributed by atoms with Gasteiger partial charge in [0.15, 0.2) is 11.6 Å². The quantitative estimate of drug-likeness (QED) is 0.809. The summed E-state index contributed by atoms with van der Waals surface area (Å²) in [4.78, 5) is 12.0. The first-order valence-corrected chi connectivity index (χ1v) is 9.41. The predicted molar refractivity (Wildman–Crippen MR) is 89.6 cm³/mol. The molecular weight excluding hydrogens is 335 g/mol. The summed E-state index contributed by atoms with van der Waals surface area (Å²) < 4.78 is 42.9. The second-order valence-electron chi connectivity index (χ2n) is 5.70. The van der Waals surface area contributed by atoms with Crippen molar-refractivity contribution in [2.45, 2.75) is 18.9 Å². The first kappa shape index (κ1) is 18.4. The molecular formula is C16H21FN2O4S. The second-order valence-corrected chi connectivity index (χ2v) is 7.68. The normalized spacial score (nSPS) is 19.4. The van der Waals surface area contributed by atoms with E-state index in [0.717, 1.165) is 12.7 Å². The average Bonchev–Trinajstić information content (AvgIpc) is 2.52. The van der Waals surface area contributed by atoms with Gasteiger partial charge in [-0.25, -0.2) is 17.1 Å². The molecule has 1 N–H and O–H groups in total. The van der Waals surface area contributed by atoms with Crippen LogP contribution >= 0.6 is 0 Å². The molecule has 1 aromatic carbocycles. The number of rotatable bonds is 5. The molecule has 0 aliphatic carbocycles. The van der Waals surface area contributed by atoms with Crippen molar-refractivity contribution in [1.82, 2.24) is 9.62 Å². The number of sulfonamides is 1. The van der Waals surface area contributed by atoms with Gasteiger partial charge in [-0.3, -0.25) is 4.79 Å². The minimum atomic E-state index is -3.25. The maximum Gasteiger partial charge on any atom is 0.244 e.